The first-order chi connectivity index (χ1) is 12.1. The van der Waals surface area contributed by atoms with E-state index >= 15 is 0 Å². The Hall–Kier alpha value is -2.70. The fraction of sp³-hybridized carbons (Fsp3) is 0.444. The Morgan fingerprint density at radius 1 is 1.36 bits per heavy atom. The molecule has 1 N–H and O–H groups in total. The number of hydrogen-bond donors (Lipinski definition) is 1. The van der Waals surface area contributed by atoms with Crippen LogP contribution in [0.15, 0.2) is 24.7 Å². The number of nitrogens with zero attached hydrogens (tertiary/aromatic N) is 5. The maximum atomic E-state index is 13.1. The van der Waals surface area contributed by atoms with E-state index in [9.17, 15) is 4.79 Å². The third kappa shape index (κ3) is 2.79. The summed E-state index contributed by atoms with van der Waals surface area (Å²) < 4.78 is 3.73. The number of aromatic nitrogens is 5. The molecule has 1 atom stereocenters. The van der Waals surface area contributed by atoms with Crippen molar-refractivity contribution in [3.05, 3.63) is 47.4 Å². The van der Waals surface area contributed by atoms with Crippen LogP contribution in [0.2, 0.25) is 0 Å². The zero-order valence-electron chi connectivity index (χ0n) is 14.7. The Morgan fingerprint density at radius 3 is 2.88 bits per heavy atom. The summed E-state index contributed by atoms with van der Waals surface area (Å²) in [7, 11) is 0. The van der Waals surface area contributed by atoms with Crippen LogP contribution in [0, 0.1) is 19.8 Å². The summed E-state index contributed by atoms with van der Waals surface area (Å²) in [5, 5.41) is 7.44. The lowest BCUT2D eigenvalue weighted by molar-refractivity contribution is 0.0921. The highest BCUT2D eigenvalue weighted by Gasteiger charge is 2.37. The number of rotatable bonds is 5. The van der Waals surface area contributed by atoms with Crippen molar-refractivity contribution in [1.29, 1.82) is 0 Å². The van der Waals surface area contributed by atoms with Crippen LogP contribution in [-0.2, 0) is 6.54 Å². The summed E-state index contributed by atoms with van der Waals surface area (Å²) in [6.45, 7) is 6.65. The van der Waals surface area contributed by atoms with Crippen LogP contribution < -0.4 is 5.32 Å². The molecule has 7 nitrogen and oxygen atoms in total. The van der Waals surface area contributed by atoms with Crippen LogP contribution in [0.1, 0.15) is 53.4 Å². The van der Waals surface area contributed by atoms with Gasteiger partial charge in [0, 0.05) is 12.7 Å². The predicted octanol–water partition coefficient (Wildman–Crippen LogP) is 2.44. The lowest BCUT2D eigenvalue weighted by Gasteiger charge is -2.18. The molecular weight excluding hydrogens is 316 g/mol. The van der Waals surface area contributed by atoms with E-state index in [0.717, 1.165) is 42.1 Å². The van der Waals surface area contributed by atoms with Crippen molar-refractivity contribution >= 4 is 11.6 Å². The topological polar surface area (TPSA) is 77.1 Å². The summed E-state index contributed by atoms with van der Waals surface area (Å²) in [4.78, 5) is 22.0. The Labute approximate surface area is 146 Å². The van der Waals surface area contributed by atoms with E-state index in [2.05, 4.69) is 20.4 Å². The monoisotopic (exact) mass is 338 g/mol. The van der Waals surface area contributed by atoms with Crippen LogP contribution in [-0.4, -0.2) is 30.1 Å². The number of hydrogen-bond acceptors (Lipinski definition) is 4. The SMILES string of the molecule is CCn1ncnc1C(NC(=O)c1c(C)nc2ccc(C)cn12)C1CC1. The summed E-state index contributed by atoms with van der Waals surface area (Å²) >= 11 is 0. The average molecular weight is 338 g/mol. The summed E-state index contributed by atoms with van der Waals surface area (Å²) in [5.74, 6) is 1.15. The number of pyridine rings is 1. The molecule has 3 aromatic heterocycles. The molecule has 1 unspecified atom stereocenters. The highest BCUT2D eigenvalue weighted by molar-refractivity contribution is 5.95. The summed E-state index contributed by atoms with van der Waals surface area (Å²) in [6.07, 6.45) is 5.72. The Morgan fingerprint density at radius 2 is 2.16 bits per heavy atom. The molecule has 1 aliphatic rings. The molecule has 1 aliphatic carbocycles. The third-order valence-corrected chi connectivity index (χ3v) is 4.76. The van der Waals surface area contributed by atoms with Gasteiger partial charge in [-0.3, -0.25) is 9.20 Å². The Balaban J connectivity index is 1.69. The van der Waals surface area contributed by atoms with Gasteiger partial charge in [0.25, 0.3) is 5.91 Å². The highest BCUT2D eigenvalue weighted by atomic mass is 16.2. The molecule has 25 heavy (non-hydrogen) atoms. The number of amides is 1. The van der Waals surface area contributed by atoms with Crippen molar-refractivity contribution in [3.8, 4) is 0 Å². The molecule has 4 rings (SSSR count). The van der Waals surface area contributed by atoms with E-state index in [1.807, 2.05) is 48.2 Å². The Bertz CT molecular complexity index is 936. The van der Waals surface area contributed by atoms with E-state index in [1.165, 1.54) is 0 Å². The normalized spacial score (nSPS) is 15.5. The van der Waals surface area contributed by atoms with Gasteiger partial charge in [-0.15, -0.1) is 0 Å². The first kappa shape index (κ1) is 15.8. The second-order valence-corrected chi connectivity index (χ2v) is 6.70. The fourth-order valence-electron chi connectivity index (χ4n) is 3.33. The Kier molecular flexibility index (Phi) is 3.78. The average Bonchev–Trinajstić information content (AvgIpc) is 3.22. The molecule has 0 radical (unpaired) electrons. The van der Waals surface area contributed by atoms with Gasteiger partial charge in [0.2, 0.25) is 0 Å². The number of aryl methyl sites for hydroxylation is 3. The van der Waals surface area contributed by atoms with Crippen molar-refractivity contribution in [1.82, 2.24) is 29.5 Å². The number of imidazole rings is 1. The van der Waals surface area contributed by atoms with E-state index < -0.39 is 0 Å². The summed E-state index contributed by atoms with van der Waals surface area (Å²) in [6, 6.07) is 3.83. The minimum atomic E-state index is -0.113. The van der Waals surface area contributed by atoms with Gasteiger partial charge in [-0.1, -0.05) is 6.07 Å². The molecule has 1 saturated carbocycles. The lowest BCUT2D eigenvalue weighted by Crippen LogP contribution is -2.33. The molecule has 1 fully saturated rings. The number of carbonyl (C=O) groups excluding carboxylic acids is 1. The molecule has 3 heterocycles. The zero-order chi connectivity index (χ0) is 17.6. The zero-order valence-corrected chi connectivity index (χ0v) is 14.7. The van der Waals surface area contributed by atoms with Crippen LogP contribution in [0.3, 0.4) is 0 Å². The van der Waals surface area contributed by atoms with Crippen molar-refractivity contribution in [2.24, 2.45) is 5.92 Å². The van der Waals surface area contributed by atoms with E-state index in [0.29, 0.717) is 11.6 Å². The molecular formula is C18H22N6O. The number of fused-ring (bicyclic) bond motifs is 1. The van der Waals surface area contributed by atoms with Crippen molar-refractivity contribution < 1.29 is 4.79 Å². The maximum Gasteiger partial charge on any atom is 0.270 e. The van der Waals surface area contributed by atoms with Gasteiger partial charge in [0.15, 0.2) is 0 Å². The number of nitrogens with one attached hydrogen (secondary N) is 1. The molecule has 0 bridgehead atoms. The minimum absolute atomic E-state index is 0.107. The largest absolute Gasteiger partial charge is 0.340 e. The first-order valence-electron chi connectivity index (χ1n) is 8.72. The van der Waals surface area contributed by atoms with Crippen molar-refractivity contribution in [2.75, 3.05) is 0 Å². The minimum Gasteiger partial charge on any atom is -0.340 e. The van der Waals surface area contributed by atoms with Crippen LogP contribution >= 0.6 is 0 Å². The van der Waals surface area contributed by atoms with Gasteiger partial charge in [0.05, 0.1) is 11.7 Å². The second-order valence-electron chi connectivity index (χ2n) is 6.70. The standard InChI is InChI=1S/C18H22N6O/c1-4-24-17(19-10-20-24)15(13-6-7-13)22-18(25)16-12(3)21-14-8-5-11(2)9-23(14)16/h5,8-10,13,15H,4,6-7H2,1-3H3,(H,22,25). The van der Waals surface area contributed by atoms with E-state index in [4.69, 9.17) is 0 Å². The van der Waals surface area contributed by atoms with Crippen molar-refractivity contribution in [2.45, 2.75) is 46.2 Å². The quantitative estimate of drug-likeness (QED) is 0.775. The smallest absolute Gasteiger partial charge is 0.270 e. The van der Waals surface area contributed by atoms with Gasteiger partial charge in [-0.2, -0.15) is 5.10 Å². The molecule has 0 saturated heterocycles. The van der Waals surface area contributed by atoms with Crippen LogP contribution in [0.25, 0.3) is 5.65 Å². The molecule has 7 heteroatoms. The fourth-order valence-corrected chi connectivity index (χ4v) is 3.33. The lowest BCUT2D eigenvalue weighted by atomic mass is 10.1. The first-order valence-corrected chi connectivity index (χ1v) is 8.72. The maximum absolute atomic E-state index is 13.1. The predicted molar refractivity (Wildman–Crippen MR) is 93.3 cm³/mol. The van der Waals surface area contributed by atoms with Gasteiger partial charge < -0.3 is 5.32 Å². The van der Waals surface area contributed by atoms with Crippen LogP contribution in [0.5, 0.6) is 0 Å². The second kappa shape index (κ2) is 5.98. The van der Waals surface area contributed by atoms with E-state index in [-0.39, 0.29) is 11.9 Å². The third-order valence-electron chi connectivity index (χ3n) is 4.76. The molecule has 0 spiro atoms. The van der Waals surface area contributed by atoms with Gasteiger partial charge in [0.1, 0.15) is 23.5 Å². The number of carbonyl (C=O) groups is 1. The molecule has 130 valence electrons. The van der Waals surface area contributed by atoms with Crippen LogP contribution in [0.4, 0.5) is 0 Å². The molecule has 3 aromatic rings. The van der Waals surface area contributed by atoms with Crippen molar-refractivity contribution in [3.63, 3.8) is 0 Å². The molecule has 0 aliphatic heterocycles. The van der Waals surface area contributed by atoms with Gasteiger partial charge in [-0.05, 0) is 51.2 Å². The van der Waals surface area contributed by atoms with E-state index in [1.54, 1.807) is 6.33 Å². The van der Waals surface area contributed by atoms with Gasteiger partial charge >= 0.3 is 0 Å². The van der Waals surface area contributed by atoms with Gasteiger partial charge in [-0.25, -0.2) is 14.6 Å². The molecule has 1 amide bonds. The highest BCUT2D eigenvalue weighted by Crippen LogP contribution is 2.40. The summed E-state index contributed by atoms with van der Waals surface area (Å²) in [5.41, 5.74) is 3.19. The molecule has 0 aromatic carbocycles.